The summed E-state index contributed by atoms with van der Waals surface area (Å²) in [6, 6.07) is 0.255. The molecule has 1 aromatic rings. The first-order valence-electron chi connectivity index (χ1n) is 3.42. The van der Waals surface area contributed by atoms with Gasteiger partial charge in [0.25, 0.3) is 9.05 Å². The van der Waals surface area contributed by atoms with E-state index in [1.165, 1.54) is 0 Å². The number of nitro groups is 1. The Labute approximate surface area is 101 Å². The molecule has 0 radical (unpaired) electrons. The van der Waals surface area contributed by atoms with Crippen molar-refractivity contribution >= 4 is 41.4 Å². The van der Waals surface area contributed by atoms with Gasteiger partial charge in [-0.3, -0.25) is 10.1 Å². The van der Waals surface area contributed by atoms with E-state index in [2.05, 4.69) is 15.9 Å². The first kappa shape index (κ1) is 13.3. The highest BCUT2D eigenvalue weighted by molar-refractivity contribution is 9.10. The largest absolute Gasteiger partial charge is 0.309 e. The molecule has 0 spiro atoms. The minimum atomic E-state index is -4.64. The molecule has 88 valence electrons. The fourth-order valence-corrected chi connectivity index (χ4v) is 3.19. The molecular formula is C6HBrClF2NO4S. The highest BCUT2D eigenvalue weighted by atomic mass is 79.9. The average molecular weight is 336 g/mol. The van der Waals surface area contributed by atoms with Gasteiger partial charge in [-0.1, -0.05) is 0 Å². The third kappa shape index (κ3) is 2.30. The average Bonchev–Trinajstić information content (AvgIpc) is 2.08. The number of halogens is 4. The van der Waals surface area contributed by atoms with Crippen LogP contribution in [0.1, 0.15) is 0 Å². The maximum Gasteiger partial charge on any atom is 0.309 e. The summed E-state index contributed by atoms with van der Waals surface area (Å²) in [6.07, 6.45) is 0. The number of benzene rings is 1. The van der Waals surface area contributed by atoms with Gasteiger partial charge in [0, 0.05) is 10.7 Å². The molecule has 5 nitrogen and oxygen atoms in total. The zero-order valence-corrected chi connectivity index (χ0v) is 10.2. The fourth-order valence-electron chi connectivity index (χ4n) is 0.915. The lowest BCUT2D eigenvalue weighted by Gasteiger charge is -2.03. The molecule has 0 saturated heterocycles. The van der Waals surface area contributed by atoms with E-state index >= 15 is 0 Å². The van der Waals surface area contributed by atoms with Crippen LogP contribution in [0.25, 0.3) is 0 Å². The summed E-state index contributed by atoms with van der Waals surface area (Å²) in [6.45, 7) is 0. The Balaban J connectivity index is 3.80. The fraction of sp³-hybridized carbons (Fsp3) is 0. The second-order valence-electron chi connectivity index (χ2n) is 2.53. The van der Waals surface area contributed by atoms with Crippen LogP contribution in [0.3, 0.4) is 0 Å². The van der Waals surface area contributed by atoms with Gasteiger partial charge in [-0.15, -0.1) is 0 Å². The van der Waals surface area contributed by atoms with E-state index in [1.54, 1.807) is 0 Å². The van der Waals surface area contributed by atoms with Crippen molar-refractivity contribution in [3.8, 4) is 0 Å². The number of hydrogen-bond donors (Lipinski definition) is 0. The summed E-state index contributed by atoms with van der Waals surface area (Å²) < 4.78 is 47.5. The smallest absolute Gasteiger partial charge is 0.258 e. The Kier molecular flexibility index (Phi) is 3.50. The Morgan fingerprint density at radius 3 is 2.31 bits per heavy atom. The molecule has 0 bridgehead atoms. The summed E-state index contributed by atoms with van der Waals surface area (Å²) in [5, 5.41) is 10.3. The SMILES string of the molecule is O=[N+]([O-])c1cc(F)c(Br)c(S(=O)(=O)Cl)c1F. The molecule has 0 amide bonds. The van der Waals surface area contributed by atoms with E-state index in [4.69, 9.17) is 10.7 Å². The summed E-state index contributed by atoms with van der Waals surface area (Å²) in [5.74, 6) is -3.01. The Morgan fingerprint density at radius 1 is 1.44 bits per heavy atom. The number of rotatable bonds is 2. The lowest BCUT2D eigenvalue weighted by atomic mass is 10.3. The van der Waals surface area contributed by atoms with Crippen molar-refractivity contribution < 1.29 is 22.1 Å². The first-order chi connectivity index (χ1) is 7.16. The molecule has 0 aliphatic heterocycles. The summed E-state index contributed by atoms with van der Waals surface area (Å²) in [4.78, 5) is 7.77. The minimum absolute atomic E-state index is 0.255. The summed E-state index contributed by atoms with van der Waals surface area (Å²) in [7, 11) is 0.194. The topological polar surface area (TPSA) is 77.3 Å². The highest BCUT2D eigenvalue weighted by Crippen LogP contribution is 2.35. The van der Waals surface area contributed by atoms with Gasteiger partial charge in [0.2, 0.25) is 5.82 Å². The van der Waals surface area contributed by atoms with Crippen molar-refractivity contribution in [3.63, 3.8) is 0 Å². The summed E-state index contributed by atoms with van der Waals surface area (Å²) in [5.41, 5.74) is -1.31. The molecular weight excluding hydrogens is 335 g/mol. The maximum absolute atomic E-state index is 13.4. The Hall–Kier alpha value is -0.800. The lowest BCUT2D eigenvalue weighted by Crippen LogP contribution is -2.03. The van der Waals surface area contributed by atoms with Crippen molar-refractivity contribution in [2.24, 2.45) is 0 Å². The number of nitro benzene ring substituents is 1. The summed E-state index contributed by atoms with van der Waals surface area (Å²) >= 11 is 2.45. The quantitative estimate of drug-likeness (QED) is 0.360. The molecule has 0 fully saturated rings. The molecule has 10 heteroatoms. The molecule has 0 heterocycles. The van der Waals surface area contributed by atoms with Crippen LogP contribution >= 0.6 is 26.6 Å². The maximum atomic E-state index is 13.4. The van der Waals surface area contributed by atoms with Crippen LogP contribution in [-0.2, 0) is 9.05 Å². The van der Waals surface area contributed by atoms with E-state index in [0.29, 0.717) is 0 Å². The molecule has 16 heavy (non-hydrogen) atoms. The van der Waals surface area contributed by atoms with Crippen molar-refractivity contribution in [1.82, 2.24) is 0 Å². The van der Waals surface area contributed by atoms with Crippen LogP contribution in [0.15, 0.2) is 15.4 Å². The zero-order chi connectivity index (χ0) is 12.7. The normalized spacial score (nSPS) is 11.5. The Bertz CT molecular complexity index is 576. The monoisotopic (exact) mass is 335 g/mol. The molecule has 0 N–H and O–H groups in total. The van der Waals surface area contributed by atoms with Gasteiger partial charge in [-0.25, -0.2) is 12.8 Å². The first-order valence-corrected chi connectivity index (χ1v) is 6.53. The van der Waals surface area contributed by atoms with Gasteiger partial charge < -0.3 is 0 Å². The van der Waals surface area contributed by atoms with Crippen LogP contribution in [-0.4, -0.2) is 13.3 Å². The van der Waals surface area contributed by atoms with Gasteiger partial charge in [-0.2, -0.15) is 4.39 Å². The van der Waals surface area contributed by atoms with Gasteiger partial charge in [0.05, 0.1) is 15.5 Å². The van der Waals surface area contributed by atoms with E-state index in [1.807, 2.05) is 0 Å². The van der Waals surface area contributed by atoms with Crippen molar-refractivity contribution in [2.45, 2.75) is 4.90 Å². The van der Waals surface area contributed by atoms with E-state index in [0.717, 1.165) is 0 Å². The van der Waals surface area contributed by atoms with Gasteiger partial charge >= 0.3 is 5.69 Å². The number of nitrogens with zero attached hydrogens (tertiary/aromatic N) is 1. The van der Waals surface area contributed by atoms with Crippen molar-refractivity contribution in [2.75, 3.05) is 0 Å². The molecule has 0 aromatic heterocycles. The zero-order valence-electron chi connectivity index (χ0n) is 7.08. The third-order valence-corrected chi connectivity index (χ3v) is 3.91. The van der Waals surface area contributed by atoms with E-state index in [9.17, 15) is 27.3 Å². The number of hydrogen-bond acceptors (Lipinski definition) is 4. The van der Waals surface area contributed by atoms with Crippen LogP contribution in [0.2, 0.25) is 0 Å². The van der Waals surface area contributed by atoms with Gasteiger partial charge in [0.1, 0.15) is 10.7 Å². The lowest BCUT2D eigenvalue weighted by molar-refractivity contribution is -0.388. The minimum Gasteiger partial charge on any atom is -0.258 e. The van der Waals surface area contributed by atoms with Crippen LogP contribution in [0, 0.1) is 21.7 Å². The molecule has 0 unspecified atom stereocenters. The van der Waals surface area contributed by atoms with Crippen molar-refractivity contribution in [3.05, 3.63) is 32.3 Å². The molecule has 1 rings (SSSR count). The molecule has 0 atom stereocenters. The van der Waals surface area contributed by atoms with E-state index < -0.39 is 40.7 Å². The Morgan fingerprint density at radius 2 is 1.94 bits per heavy atom. The third-order valence-electron chi connectivity index (χ3n) is 1.54. The second kappa shape index (κ2) is 4.22. The predicted molar refractivity (Wildman–Crippen MR) is 53.8 cm³/mol. The van der Waals surface area contributed by atoms with E-state index in [-0.39, 0.29) is 6.07 Å². The molecule has 1 aromatic carbocycles. The predicted octanol–water partition coefficient (Wildman–Crippen LogP) is 2.56. The van der Waals surface area contributed by atoms with Crippen LogP contribution < -0.4 is 0 Å². The van der Waals surface area contributed by atoms with Crippen molar-refractivity contribution in [1.29, 1.82) is 0 Å². The molecule has 0 aliphatic rings. The highest BCUT2D eigenvalue weighted by Gasteiger charge is 2.31. The van der Waals surface area contributed by atoms with Gasteiger partial charge in [0.15, 0.2) is 0 Å². The molecule has 0 aliphatic carbocycles. The molecule has 0 saturated carbocycles. The van der Waals surface area contributed by atoms with Gasteiger partial charge in [-0.05, 0) is 15.9 Å². The van der Waals surface area contributed by atoms with Crippen LogP contribution in [0.5, 0.6) is 0 Å². The standard InChI is InChI=1S/C6HBrClF2NO4S/c7-4-2(9)1-3(11(12)13)5(10)6(4)16(8,14)15/h1H. The van der Waals surface area contributed by atoms with Crippen LogP contribution in [0.4, 0.5) is 14.5 Å². The second-order valence-corrected chi connectivity index (χ2v) is 5.83.